The van der Waals surface area contributed by atoms with Gasteiger partial charge < -0.3 is 9.47 Å². The predicted octanol–water partition coefficient (Wildman–Crippen LogP) is 8.00. The molecule has 0 aliphatic heterocycles. The van der Waals surface area contributed by atoms with E-state index in [-0.39, 0.29) is 5.97 Å². The molecule has 1 unspecified atom stereocenters. The molecule has 176 valence electrons. The fourth-order valence-electron chi connectivity index (χ4n) is 3.53. The minimum absolute atomic E-state index is 0.182. The lowest BCUT2D eigenvalue weighted by Crippen LogP contribution is -2.11. The van der Waals surface area contributed by atoms with E-state index in [9.17, 15) is 4.79 Å². The first kappa shape index (κ1) is 25.9. The quantitative estimate of drug-likeness (QED) is 0.151. The molecule has 32 heavy (non-hydrogen) atoms. The van der Waals surface area contributed by atoms with Crippen LogP contribution in [-0.2, 0) is 4.79 Å². The largest absolute Gasteiger partial charge is 0.492 e. The van der Waals surface area contributed by atoms with Crippen LogP contribution in [0, 0.1) is 5.92 Å². The van der Waals surface area contributed by atoms with Crippen molar-refractivity contribution in [3.63, 3.8) is 0 Å². The Morgan fingerprint density at radius 3 is 2.06 bits per heavy atom. The summed E-state index contributed by atoms with van der Waals surface area (Å²) in [5.41, 5.74) is 1.86. The van der Waals surface area contributed by atoms with Gasteiger partial charge >= 0.3 is 5.97 Å². The Morgan fingerprint density at radius 2 is 1.47 bits per heavy atom. The number of esters is 1. The number of aromatic nitrogens is 1. The van der Waals surface area contributed by atoms with E-state index in [0.717, 1.165) is 36.5 Å². The molecule has 0 spiro atoms. The number of ether oxygens (including phenoxy) is 2. The number of carbonyl (C=O) groups is 1. The van der Waals surface area contributed by atoms with Crippen LogP contribution in [0.25, 0.3) is 11.3 Å². The Morgan fingerprint density at radius 1 is 0.844 bits per heavy atom. The molecule has 1 aromatic heterocycles. The highest BCUT2D eigenvalue weighted by Gasteiger charge is 2.10. The second-order valence-corrected chi connectivity index (χ2v) is 8.77. The summed E-state index contributed by atoms with van der Waals surface area (Å²) >= 11 is 0. The summed E-state index contributed by atoms with van der Waals surface area (Å²) in [5, 5.41) is 0. The zero-order valence-corrected chi connectivity index (χ0v) is 20.3. The monoisotopic (exact) mass is 439 g/mol. The van der Waals surface area contributed by atoms with E-state index in [1.54, 1.807) is 6.20 Å². The average molecular weight is 440 g/mol. The number of benzene rings is 1. The van der Waals surface area contributed by atoms with Gasteiger partial charge in [0.2, 0.25) is 0 Å². The van der Waals surface area contributed by atoms with Crippen LogP contribution >= 0.6 is 0 Å². The van der Waals surface area contributed by atoms with Gasteiger partial charge in [0.15, 0.2) is 0 Å². The molecule has 1 aromatic carbocycles. The van der Waals surface area contributed by atoms with E-state index in [2.05, 4.69) is 25.8 Å². The molecule has 0 fully saturated rings. The molecule has 0 N–H and O–H groups in total. The smallest absolute Gasteiger partial charge is 0.311 e. The van der Waals surface area contributed by atoms with Crippen LogP contribution < -0.4 is 9.47 Å². The molecular formula is C28H41NO3. The minimum atomic E-state index is -0.182. The maximum Gasteiger partial charge on any atom is 0.311 e. The average Bonchev–Trinajstić information content (AvgIpc) is 2.81. The van der Waals surface area contributed by atoms with Crippen LogP contribution in [0.5, 0.6) is 11.5 Å². The highest BCUT2D eigenvalue weighted by Crippen LogP contribution is 2.23. The third-order valence-electron chi connectivity index (χ3n) is 5.85. The van der Waals surface area contributed by atoms with Crippen molar-refractivity contribution < 1.29 is 14.3 Å². The van der Waals surface area contributed by atoms with Crippen molar-refractivity contribution in [1.29, 1.82) is 0 Å². The maximum absolute atomic E-state index is 11.9. The highest BCUT2D eigenvalue weighted by molar-refractivity contribution is 5.73. The summed E-state index contributed by atoms with van der Waals surface area (Å²) < 4.78 is 11.3. The lowest BCUT2D eigenvalue weighted by atomic mass is 10.1. The Labute approximate surface area is 194 Å². The van der Waals surface area contributed by atoms with Gasteiger partial charge in [0, 0.05) is 12.0 Å². The lowest BCUT2D eigenvalue weighted by molar-refractivity contribution is -0.135. The van der Waals surface area contributed by atoms with Gasteiger partial charge in [-0.15, -0.1) is 0 Å². The van der Waals surface area contributed by atoms with Gasteiger partial charge in [-0.1, -0.05) is 78.6 Å². The molecule has 0 amide bonds. The van der Waals surface area contributed by atoms with Gasteiger partial charge in [0.25, 0.3) is 0 Å². The Kier molecular flexibility index (Phi) is 12.5. The normalized spacial score (nSPS) is 11.8. The molecule has 4 nitrogen and oxygen atoms in total. The number of pyridine rings is 1. The van der Waals surface area contributed by atoms with Crippen molar-refractivity contribution in [2.24, 2.45) is 5.92 Å². The van der Waals surface area contributed by atoms with E-state index in [4.69, 9.17) is 9.47 Å². The molecule has 0 bridgehead atoms. The number of hydrogen-bond acceptors (Lipinski definition) is 4. The van der Waals surface area contributed by atoms with Gasteiger partial charge in [-0.3, -0.25) is 9.78 Å². The first-order chi connectivity index (χ1) is 15.6. The van der Waals surface area contributed by atoms with Gasteiger partial charge in [-0.2, -0.15) is 0 Å². The van der Waals surface area contributed by atoms with E-state index in [0.29, 0.717) is 18.1 Å². The molecule has 4 heteroatoms. The lowest BCUT2D eigenvalue weighted by Gasteiger charge is -2.09. The van der Waals surface area contributed by atoms with Crippen LogP contribution in [0.1, 0.15) is 91.4 Å². The molecule has 1 heterocycles. The van der Waals surface area contributed by atoms with Crippen molar-refractivity contribution >= 4 is 5.97 Å². The second kappa shape index (κ2) is 15.4. The molecule has 2 aromatic rings. The summed E-state index contributed by atoms with van der Waals surface area (Å²) in [6.07, 6.45) is 15.0. The number of carbonyl (C=O) groups excluding carboxylic acids is 1. The molecule has 0 aliphatic rings. The zero-order valence-electron chi connectivity index (χ0n) is 20.3. The number of rotatable bonds is 16. The van der Waals surface area contributed by atoms with Gasteiger partial charge in [-0.05, 0) is 48.7 Å². The number of unbranched alkanes of at least 4 members (excludes halogenated alkanes) is 8. The highest BCUT2D eigenvalue weighted by atomic mass is 16.5. The topological polar surface area (TPSA) is 48.4 Å². The van der Waals surface area contributed by atoms with Crippen LogP contribution in [-0.4, -0.2) is 17.6 Å². The maximum atomic E-state index is 11.9. The summed E-state index contributed by atoms with van der Waals surface area (Å²) in [5.74, 6) is 1.54. The summed E-state index contributed by atoms with van der Waals surface area (Å²) in [6.45, 7) is 7.14. The van der Waals surface area contributed by atoms with Crippen molar-refractivity contribution in [1.82, 2.24) is 4.98 Å². The predicted molar refractivity (Wildman–Crippen MR) is 132 cm³/mol. The third kappa shape index (κ3) is 10.3. The van der Waals surface area contributed by atoms with Crippen LogP contribution in [0.3, 0.4) is 0 Å². The Hall–Kier alpha value is -2.36. The first-order valence-corrected chi connectivity index (χ1v) is 12.5. The molecule has 0 saturated heterocycles. The van der Waals surface area contributed by atoms with Gasteiger partial charge in [0.1, 0.15) is 11.5 Å². The second-order valence-electron chi connectivity index (χ2n) is 8.77. The zero-order chi connectivity index (χ0) is 23.0. The fraction of sp³-hybridized carbons (Fsp3) is 0.571. The van der Waals surface area contributed by atoms with E-state index in [1.807, 2.05) is 36.4 Å². The number of nitrogens with zero attached hydrogens (tertiary/aromatic N) is 1. The molecule has 0 radical (unpaired) electrons. The SMILES string of the molecule is CCCCCCCCCCCOc1ccc(-c2ccc(OC(=O)CC(C)CC)cc2)nc1. The van der Waals surface area contributed by atoms with Crippen LogP contribution in [0.2, 0.25) is 0 Å². The minimum Gasteiger partial charge on any atom is -0.492 e. The summed E-state index contributed by atoms with van der Waals surface area (Å²) in [6, 6.07) is 11.4. The Balaban J connectivity index is 1.67. The van der Waals surface area contributed by atoms with Crippen molar-refractivity contribution in [3.8, 4) is 22.8 Å². The van der Waals surface area contributed by atoms with Crippen LogP contribution in [0.15, 0.2) is 42.6 Å². The summed E-state index contributed by atoms with van der Waals surface area (Å²) in [7, 11) is 0. The van der Waals surface area contributed by atoms with Gasteiger partial charge in [0.05, 0.1) is 18.5 Å². The number of hydrogen-bond donors (Lipinski definition) is 0. The molecule has 1 atom stereocenters. The van der Waals surface area contributed by atoms with Crippen molar-refractivity contribution in [2.75, 3.05) is 6.61 Å². The first-order valence-electron chi connectivity index (χ1n) is 12.5. The summed E-state index contributed by atoms with van der Waals surface area (Å²) in [4.78, 5) is 16.5. The molecule has 0 aliphatic carbocycles. The van der Waals surface area contributed by atoms with E-state index >= 15 is 0 Å². The molecule has 2 rings (SSSR count). The fourth-order valence-corrected chi connectivity index (χ4v) is 3.53. The van der Waals surface area contributed by atoms with Crippen LogP contribution in [0.4, 0.5) is 0 Å². The van der Waals surface area contributed by atoms with E-state index in [1.165, 1.54) is 51.4 Å². The van der Waals surface area contributed by atoms with E-state index < -0.39 is 0 Å². The standard InChI is InChI=1S/C28H41NO3/c1-4-6-7-8-9-10-11-12-13-20-31-26-18-19-27(29-22-26)24-14-16-25(17-15-24)32-28(30)21-23(3)5-2/h14-19,22-23H,4-13,20-21H2,1-3H3. The van der Waals surface area contributed by atoms with Crippen molar-refractivity contribution in [2.45, 2.75) is 91.4 Å². The van der Waals surface area contributed by atoms with Crippen molar-refractivity contribution in [3.05, 3.63) is 42.6 Å². The Bertz CT molecular complexity index is 755. The third-order valence-corrected chi connectivity index (χ3v) is 5.85. The molecule has 0 saturated carbocycles. The van der Waals surface area contributed by atoms with Gasteiger partial charge in [-0.25, -0.2) is 0 Å². The molecular weight excluding hydrogens is 398 g/mol.